The fraction of sp³-hybridized carbons (Fsp3) is 0.400. The number of oxazole rings is 1. The minimum Gasteiger partial charge on any atom is -0.496 e. The van der Waals surface area contributed by atoms with Crippen molar-refractivity contribution >= 4 is 6.01 Å². The molecule has 0 unspecified atom stereocenters. The lowest BCUT2D eigenvalue weighted by Crippen LogP contribution is -2.12. The first-order chi connectivity index (χ1) is 8.95. The van der Waals surface area contributed by atoms with Crippen LogP contribution in [0.25, 0.3) is 11.3 Å². The average Bonchev–Trinajstić information content (AvgIpc) is 2.85. The average molecular weight is 260 g/mol. The molecule has 2 rings (SSSR count). The molecule has 1 N–H and O–H groups in total. The van der Waals surface area contributed by atoms with Crippen LogP contribution in [0.3, 0.4) is 0 Å². The Morgan fingerprint density at radius 2 is 2.00 bits per heavy atom. The number of hydrogen-bond acceptors (Lipinski definition) is 4. The summed E-state index contributed by atoms with van der Waals surface area (Å²) in [4.78, 5) is 4.36. The molecular formula is C15H20N2O2. The van der Waals surface area contributed by atoms with Crippen LogP contribution in [0, 0.1) is 0 Å². The van der Waals surface area contributed by atoms with Gasteiger partial charge in [-0.3, -0.25) is 0 Å². The summed E-state index contributed by atoms with van der Waals surface area (Å²) in [7, 11) is 3.48. The molecule has 0 saturated carbocycles. The summed E-state index contributed by atoms with van der Waals surface area (Å²) in [6.07, 6.45) is 1.65. The molecule has 0 aliphatic carbocycles. The minimum absolute atomic E-state index is 0.0108. The van der Waals surface area contributed by atoms with Crippen molar-refractivity contribution in [1.29, 1.82) is 0 Å². The van der Waals surface area contributed by atoms with Gasteiger partial charge in [-0.15, -0.1) is 0 Å². The first kappa shape index (κ1) is 13.5. The third kappa shape index (κ3) is 2.72. The molecular weight excluding hydrogens is 240 g/mol. The van der Waals surface area contributed by atoms with E-state index >= 15 is 0 Å². The van der Waals surface area contributed by atoms with Gasteiger partial charge in [0.25, 0.3) is 6.01 Å². The van der Waals surface area contributed by atoms with E-state index in [1.807, 2.05) is 12.1 Å². The van der Waals surface area contributed by atoms with E-state index in [0.717, 1.165) is 22.6 Å². The van der Waals surface area contributed by atoms with Gasteiger partial charge in [0.05, 0.1) is 7.11 Å². The Bertz CT molecular complexity index is 568. The molecule has 0 amide bonds. The van der Waals surface area contributed by atoms with Crippen molar-refractivity contribution in [3.05, 3.63) is 30.0 Å². The summed E-state index contributed by atoms with van der Waals surface area (Å²) < 4.78 is 10.7. The predicted molar refractivity (Wildman–Crippen MR) is 76.7 cm³/mol. The van der Waals surface area contributed by atoms with E-state index in [1.165, 1.54) is 0 Å². The predicted octanol–water partition coefficient (Wildman–Crippen LogP) is 3.69. The molecule has 19 heavy (non-hydrogen) atoms. The van der Waals surface area contributed by atoms with Crippen LogP contribution in [-0.4, -0.2) is 19.1 Å². The van der Waals surface area contributed by atoms with Gasteiger partial charge in [-0.05, 0) is 23.6 Å². The Morgan fingerprint density at radius 1 is 1.26 bits per heavy atom. The van der Waals surface area contributed by atoms with Gasteiger partial charge in [0.15, 0.2) is 0 Å². The van der Waals surface area contributed by atoms with E-state index in [-0.39, 0.29) is 5.41 Å². The van der Waals surface area contributed by atoms with E-state index in [2.05, 4.69) is 37.1 Å². The highest BCUT2D eigenvalue weighted by Crippen LogP contribution is 2.34. The molecule has 0 spiro atoms. The highest BCUT2D eigenvalue weighted by atomic mass is 16.5. The highest BCUT2D eigenvalue weighted by molar-refractivity contribution is 5.63. The lowest BCUT2D eigenvalue weighted by Gasteiger charge is -2.22. The second kappa shape index (κ2) is 4.96. The molecule has 1 aromatic heterocycles. The smallest absolute Gasteiger partial charge is 0.294 e. The van der Waals surface area contributed by atoms with Gasteiger partial charge in [0, 0.05) is 18.2 Å². The Morgan fingerprint density at radius 3 is 2.53 bits per heavy atom. The van der Waals surface area contributed by atoms with Crippen molar-refractivity contribution in [2.45, 2.75) is 26.2 Å². The summed E-state index contributed by atoms with van der Waals surface area (Å²) in [5.41, 5.74) is 3.01. The Balaban J connectivity index is 2.48. The van der Waals surface area contributed by atoms with Crippen LogP contribution in [0.5, 0.6) is 5.75 Å². The number of benzene rings is 1. The zero-order chi connectivity index (χ0) is 14.0. The fourth-order valence-electron chi connectivity index (χ4n) is 1.97. The molecule has 0 fully saturated rings. The number of nitrogens with zero attached hydrogens (tertiary/aromatic N) is 1. The maximum absolute atomic E-state index is 5.43. The van der Waals surface area contributed by atoms with Gasteiger partial charge in [-0.2, -0.15) is 4.98 Å². The zero-order valence-electron chi connectivity index (χ0n) is 12.1. The van der Waals surface area contributed by atoms with Crippen LogP contribution in [-0.2, 0) is 5.41 Å². The van der Waals surface area contributed by atoms with Crippen molar-refractivity contribution in [3.8, 4) is 17.0 Å². The number of methoxy groups -OCH3 is 1. The Labute approximate surface area is 113 Å². The normalized spacial score (nSPS) is 11.4. The molecule has 4 heteroatoms. The van der Waals surface area contributed by atoms with E-state index < -0.39 is 0 Å². The molecule has 2 aromatic rings. The molecule has 0 atom stereocenters. The molecule has 0 radical (unpaired) electrons. The quantitative estimate of drug-likeness (QED) is 0.914. The third-order valence-electron chi connectivity index (χ3n) is 3.02. The number of anilines is 1. The summed E-state index contributed by atoms with van der Waals surface area (Å²) in [5, 5.41) is 2.88. The van der Waals surface area contributed by atoms with Gasteiger partial charge in [0.2, 0.25) is 0 Å². The number of hydrogen-bond donors (Lipinski definition) is 1. The van der Waals surface area contributed by atoms with Crippen LogP contribution < -0.4 is 10.1 Å². The van der Waals surface area contributed by atoms with E-state index in [4.69, 9.17) is 9.15 Å². The van der Waals surface area contributed by atoms with Crippen LogP contribution in [0.4, 0.5) is 6.01 Å². The Hall–Kier alpha value is -1.97. The molecule has 0 saturated heterocycles. The van der Waals surface area contributed by atoms with Gasteiger partial charge in [0.1, 0.15) is 17.7 Å². The van der Waals surface area contributed by atoms with Crippen LogP contribution in [0.1, 0.15) is 26.3 Å². The second-order valence-electron chi connectivity index (χ2n) is 5.45. The molecule has 0 aliphatic rings. The summed E-state index contributed by atoms with van der Waals surface area (Å²) in [6.45, 7) is 6.49. The molecule has 4 nitrogen and oxygen atoms in total. The number of nitrogens with one attached hydrogen (secondary N) is 1. The van der Waals surface area contributed by atoms with Gasteiger partial charge < -0.3 is 14.5 Å². The van der Waals surface area contributed by atoms with Gasteiger partial charge in [-0.1, -0.05) is 20.8 Å². The summed E-state index contributed by atoms with van der Waals surface area (Å²) >= 11 is 0. The maximum atomic E-state index is 5.43. The third-order valence-corrected chi connectivity index (χ3v) is 3.02. The molecule has 0 bridgehead atoms. The lowest BCUT2D eigenvalue weighted by atomic mass is 9.85. The first-order valence-corrected chi connectivity index (χ1v) is 6.28. The van der Waals surface area contributed by atoms with Crippen LogP contribution in [0.15, 0.2) is 28.9 Å². The number of aromatic nitrogens is 1. The van der Waals surface area contributed by atoms with Crippen molar-refractivity contribution in [3.63, 3.8) is 0 Å². The Kier molecular flexibility index (Phi) is 3.51. The molecule has 1 heterocycles. The highest BCUT2D eigenvalue weighted by Gasteiger charge is 2.20. The topological polar surface area (TPSA) is 47.3 Å². The van der Waals surface area contributed by atoms with Crippen LogP contribution >= 0.6 is 0 Å². The van der Waals surface area contributed by atoms with Crippen molar-refractivity contribution in [1.82, 2.24) is 4.98 Å². The second-order valence-corrected chi connectivity index (χ2v) is 5.45. The van der Waals surface area contributed by atoms with Gasteiger partial charge >= 0.3 is 0 Å². The first-order valence-electron chi connectivity index (χ1n) is 6.28. The zero-order valence-corrected chi connectivity index (χ0v) is 12.1. The number of ether oxygens (including phenoxy) is 1. The van der Waals surface area contributed by atoms with Crippen molar-refractivity contribution in [2.75, 3.05) is 19.5 Å². The molecule has 0 aliphatic heterocycles. The lowest BCUT2D eigenvalue weighted by molar-refractivity contribution is 0.397. The SMILES string of the molecule is CNc1nc(-c2ccc(OC)c(C(C)(C)C)c2)co1. The van der Waals surface area contributed by atoms with Crippen molar-refractivity contribution in [2.24, 2.45) is 0 Å². The number of rotatable bonds is 3. The van der Waals surface area contributed by atoms with Gasteiger partial charge in [-0.25, -0.2) is 0 Å². The standard InChI is InChI=1S/C15H20N2O2/c1-15(2,3)11-8-10(6-7-13(11)18-5)12-9-19-14(16-4)17-12/h6-9H,1-5H3,(H,16,17). The van der Waals surface area contributed by atoms with E-state index in [0.29, 0.717) is 6.01 Å². The van der Waals surface area contributed by atoms with Crippen molar-refractivity contribution < 1.29 is 9.15 Å². The van der Waals surface area contributed by atoms with Crippen LogP contribution in [0.2, 0.25) is 0 Å². The van der Waals surface area contributed by atoms with E-state index in [1.54, 1.807) is 20.4 Å². The monoisotopic (exact) mass is 260 g/mol. The maximum Gasteiger partial charge on any atom is 0.294 e. The minimum atomic E-state index is 0.0108. The summed E-state index contributed by atoms with van der Waals surface area (Å²) in [5.74, 6) is 0.897. The molecule has 102 valence electrons. The fourth-order valence-corrected chi connectivity index (χ4v) is 1.97. The molecule has 1 aromatic carbocycles. The van der Waals surface area contributed by atoms with E-state index in [9.17, 15) is 0 Å². The largest absolute Gasteiger partial charge is 0.496 e. The summed E-state index contributed by atoms with van der Waals surface area (Å²) in [6, 6.07) is 6.59.